The molecule has 1 aliphatic heterocycles. The van der Waals surface area contributed by atoms with Crippen LogP contribution in [0.15, 0.2) is 58.3 Å². The maximum absolute atomic E-state index is 12.7. The second-order valence-corrected chi connectivity index (χ2v) is 10.5. The average molecular weight is 435 g/mol. The van der Waals surface area contributed by atoms with Crippen molar-refractivity contribution in [2.75, 3.05) is 26.2 Å². The molecule has 0 unspecified atom stereocenters. The van der Waals surface area contributed by atoms with Crippen molar-refractivity contribution >= 4 is 43.2 Å². The Balaban J connectivity index is 1.74. The summed E-state index contributed by atoms with van der Waals surface area (Å²) in [5.74, 6) is 0. The first kappa shape index (κ1) is 19.6. The first-order valence-corrected chi connectivity index (χ1v) is 11.4. The van der Waals surface area contributed by atoms with E-state index in [1.54, 1.807) is 0 Å². The standard InChI is InChI=1S/C16H16Cl2N2O4S2/c17-13-1-5-15(6-2-13)25(21,22)19-9-11-20(12-10-19)26(23,24)16-7-3-14(18)4-8-16/h1-8H,9-12H2. The molecule has 0 aliphatic carbocycles. The molecule has 1 heterocycles. The molecule has 26 heavy (non-hydrogen) atoms. The number of benzene rings is 2. The summed E-state index contributed by atoms with van der Waals surface area (Å²) < 4.78 is 53.2. The van der Waals surface area contributed by atoms with E-state index in [1.807, 2.05) is 0 Å². The maximum Gasteiger partial charge on any atom is 0.243 e. The minimum absolute atomic E-state index is 0.0811. The summed E-state index contributed by atoms with van der Waals surface area (Å²) in [6, 6.07) is 11.8. The summed E-state index contributed by atoms with van der Waals surface area (Å²) in [6.45, 7) is 0.325. The largest absolute Gasteiger partial charge is 0.243 e. The molecule has 3 rings (SSSR count). The van der Waals surface area contributed by atoms with Gasteiger partial charge in [-0.05, 0) is 48.5 Å². The lowest BCUT2D eigenvalue weighted by molar-refractivity contribution is 0.273. The van der Waals surface area contributed by atoms with Crippen LogP contribution in [0.5, 0.6) is 0 Å². The fourth-order valence-corrected chi connectivity index (χ4v) is 5.76. The molecular formula is C16H16Cl2N2O4S2. The van der Waals surface area contributed by atoms with Crippen molar-refractivity contribution in [3.8, 4) is 0 Å². The number of sulfonamides is 2. The van der Waals surface area contributed by atoms with E-state index < -0.39 is 20.0 Å². The second kappa shape index (κ2) is 7.46. The zero-order valence-corrected chi connectivity index (χ0v) is 16.7. The summed E-state index contributed by atoms with van der Waals surface area (Å²) in [7, 11) is -7.36. The first-order chi connectivity index (χ1) is 12.2. The fraction of sp³-hybridized carbons (Fsp3) is 0.250. The van der Waals surface area contributed by atoms with Crippen molar-refractivity contribution in [3.05, 3.63) is 58.6 Å². The van der Waals surface area contributed by atoms with E-state index in [-0.39, 0.29) is 36.0 Å². The molecule has 1 aliphatic rings. The number of halogens is 2. The van der Waals surface area contributed by atoms with Gasteiger partial charge in [0.2, 0.25) is 20.0 Å². The van der Waals surface area contributed by atoms with Crippen LogP contribution in [-0.2, 0) is 20.0 Å². The van der Waals surface area contributed by atoms with Gasteiger partial charge in [-0.2, -0.15) is 8.61 Å². The van der Waals surface area contributed by atoms with Gasteiger partial charge in [0.05, 0.1) is 9.79 Å². The van der Waals surface area contributed by atoms with Crippen LogP contribution in [0.3, 0.4) is 0 Å². The highest BCUT2D eigenvalue weighted by Crippen LogP contribution is 2.23. The highest BCUT2D eigenvalue weighted by molar-refractivity contribution is 7.89. The van der Waals surface area contributed by atoms with E-state index in [1.165, 1.54) is 57.1 Å². The van der Waals surface area contributed by atoms with Gasteiger partial charge in [0.25, 0.3) is 0 Å². The van der Waals surface area contributed by atoms with Crippen LogP contribution >= 0.6 is 23.2 Å². The molecule has 0 aromatic heterocycles. The van der Waals surface area contributed by atoms with Crippen LogP contribution in [-0.4, -0.2) is 51.6 Å². The van der Waals surface area contributed by atoms with Gasteiger partial charge in [0.1, 0.15) is 0 Å². The van der Waals surface area contributed by atoms with Crippen molar-refractivity contribution in [3.63, 3.8) is 0 Å². The van der Waals surface area contributed by atoms with E-state index in [0.717, 1.165) is 0 Å². The lowest BCUT2D eigenvalue weighted by atomic mass is 10.4. The van der Waals surface area contributed by atoms with Crippen LogP contribution in [0.4, 0.5) is 0 Å². The molecule has 0 bridgehead atoms. The Kier molecular flexibility index (Phi) is 5.62. The Bertz CT molecular complexity index is 900. The van der Waals surface area contributed by atoms with E-state index in [0.29, 0.717) is 10.0 Å². The number of hydrogen-bond donors (Lipinski definition) is 0. The molecule has 1 saturated heterocycles. The van der Waals surface area contributed by atoms with Gasteiger partial charge in [-0.3, -0.25) is 0 Å². The van der Waals surface area contributed by atoms with Crippen molar-refractivity contribution in [1.82, 2.24) is 8.61 Å². The number of nitrogens with zero attached hydrogens (tertiary/aromatic N) is 2. The Hall–Kier alpha value is -1.16. The fourth-order valence-electron chi connectivity index (χ4n) is 2.66. The molecule has 2 aromatic rings. The minimum atomic E-state index is -3.68. The summed E-state index contributed by atoms with van der Waals surface area (Å²) in [4.78, 5) is 0.270. The number of rotatable bonds is 4. The van der Waals surface area contributed by atoms with Crippen LogP contribution in [0.2, 0.25) is 10.0 Å². The van der Waals surface area contributed by atoms with E-state index >= 15 is 0 Å². The summed E-state index contributed by atoms with van der Waals surface area (Å²) >= 11 is 11.6. The van der Waals surface area contributed by atoms with E-state index in [4.69, 9.17) is 23.2 Å². The number of piperazine rings is 1. The van der Waals surface area contributed by atoms with Gasteiger partial charge in [-0.1, -0.05) is 23.2 Å². The molecule has 1 fully saturated rings. The summed E-state index contributed by atoms with van der Waals surface area (Å²) in [5, 5.41) is 0.894. The predicted octanol–water partition coefficient (Wildman–Crippen LogP) is 2.69. The van der Waals surface area contributed by atoms with Gasteiger partial charge in [-0.25, -0.2) is 16.8 Å². The van der Waals surface area contributed by atoms with Gasteiger partial charge >= 0.3 is 0 Å². The molecular weight excluding hydrogens is 419 g/mol. The van der Waals surface area contributed by atoms with Crippen molar-refractivity contribution in [1.29, 1.82) is 0 Å². The van der Waals surface area contributed by atoms with Crippen LogP contribution < -0.4 is 0 Å². The molecule has 0 radical (unpaired) electrons. The predicted molar refractivity (Wildman–Crippen MR) is 100 cm³/mol. The van der Waals surface area contributed by atoms with Crippen LogP contribution in [0.1, 0.15) is 0 Å². The Labute approximate surface area is 163 Å². The zero-order chi connectivity index (χ0) is 18.9. The van der Waals surface area contributed by atoms with Gasteiger partial charge in [-0.15, -0.1) is 0 Å². The summed E-state index contributed by atoms with van der Waals surface area (Å²) in [5.41, 5.74) is 0. The SMILES string of the molecule is O=S(=O)(c1ccc(Cl)cc1)N1CCN(S(=O)(=O)c2ccc(Cl)cc2)CC1. The first-order valence-electron chi connectivity index (χ1n) is 7.73. The van der Waals surface area contributed by atoms with Crippen LogP contribution in [0.25, 0.3) is 0 Å². The molecule has 0 saturated carbocycles. The maximum atomic E-state index is 12.7. The van der Waals surface area contributed by atoms with Crippen LogP contribution in [0, 0.1) is 0 Å². The Morgan fingerprint density at radius 3 is 1.12 bits per heavy atom. The lowest BCUT2D eigenvalue weighted by Gasteiger charge is -2.33. The average Bonchev–Trinajstić information content (AvgIpc) is 2.62. The van der Waals surface area contributed by atoms with Crippen molar-refractivity contribution in [2.45, 2.75) is 9.79 Å². The van der Waals surface area contributed by atoms with E-state index in [9.17, 15) is 16.8 Å². The molecule has 0 N–H and O–H groups in total. The highest BCUT2D eigenvalue weighted by atomic mass is 35.5. The third-order valence-corrected chi connectivity index (χ3v) is 8.43. The van der Waals surface area contributed by atoms with Gasteiger partial charge in [0.15, 0.2) is 0 Å². The minimum Gasteiger partial charge on any atom is -0.207 e. The second-order valence-electron chi connectivity index (χ2n) is 5.72. The third kappa shape index (κ3) is 3.90. The zero-order valence-electron chi connectivity index (χ0n) is 13.5. The molecule has 6 nitrogen and oxygen atoms in total. The Morgan fingerprint density at radius 1 is 0.577 bits per heavy atom. The van der Waals surface area contributed by atoms with Gasteiger partial charge < -0.3 is 0 Å². The molecule has 0 atom stereocenters. The topological polar surface area (TPSA) is 74.8 Å². The van der Waals surface area contributed by atoms with Crippen molar-refractivity contribution < 1.29 is 16.8 Å². The lowest BCUT2D eigenvalue weighted by Crippen LogP contribution is -2.50. The third-order valence-electron chi connectivity index (χ3n) is 4.10. The highest BCUT2D eigenvalue weighted by Gasteiger charge is 2.33. The van der Waals surface area contributed by atoms with Crippen molar-refractivity contribution in [2.24, 2.45) is 0 Å². The monoisotopic (exact) mass is 434 g/mol. The molecule has 10 heteroatoms. The quantitative estimate of drug-likeness (QED) is 0.740. The number of hydrogen-bond acceptors (Lipinski definition) is 4. The molecule has 0 amide bonds. The Morgan fingerprint density at radius 2 is 0.846 bits per heavy atom. The molecule has 0 spiro atoms. The van der Waals surface area contributed by atoms with E-state index in [2.05, 4.69) is 0 Å². The molecule has 2 aromatic carbocycles. The van der Waals surface area contributed by atoms with Gasteiger partial charge in [0, 0.05) is 36.2 Å². The normalized spacial score (nSPS) is 17.3. The smallest absolute Gasteiger partial charge is 0.207 e. The summed E-state index contributed by atoms with van der Waals surface area (Å²) in [6.07, 6.45) is 0. The molecule has 140 valence electrons.